The lowest BCUT2D eigenvalue weighted by Gasteiger charge is -2.26. The first kappa shape index (κ1) is 17.3. The second-order valence-electron chi connectivity index (χ2n) is 6.83. The SMILES string of the molecule is CN(C)C(=O)C1=C([I+]c2ccccc2)CC(C(C)(C)C)=CC1. The third-order valence-corrected chi connectivity index (χ3v) is 6.84. The number of amides is 1. The Hall–Kier alpha value is -1.10. The van der Waals surface area contributed by atoms with Crippen LogP contribution >= 0.6 is 0 Å². The minimum Gasteiger partial charge on any atom is -0.345 e. The van der Waals surface area contributed by atoms with Crippen molar-refractivity contribution in [2.24, 2.45) is 5.41 Å². The van der Waals surface area contributed by atoms with Gasteiger partial charge in [0.15, 0.2) is 7.15 Å². The summed E-state index contributed by atoms with van der Waals surface area (Å²) in [6.07, 6.45) is 4.01. The van der Waals surface area contributed by atoms with Crippen molar-refractivity contribution in [3.8, 4) is 0 Å². The number of rotatable bonds is 3. The molecule has 1 aromatic rings. The highest BCUT2D eigenvalue weighted by Gasteiger charge is 2.34. The standard InChI is InChI=1S/C19H25INO/c1-19(2,3)14-11-12-16(18(22)21(4)5)17(13-14)20-15-9-7-6-8-10-15/h6-11H,12-13H2,1-5H3/q+1. The maximum atomic E-state index is 12.5. The summed E-state index contributed by atoms with van der Waals surface area (Å²) in [5, 5.41) is 0. The van der Waals surface area contributed by atoms with E-state index in [0.717, 1.165) is 18.4 Å². The minimum absolute atomic E-state index is 0.176. The summed E-state index contributed by atoms with van der Waals surface area (Å²) in [7, 11) is 3.69. The number of benzene rings is 1. The lowest BCUT2D eigenvalue weighted by molar-refractivity contribution is -0.579. The van der Waals surface area contributed by atoms with E-state index in [9.17, 15) is 4.79 Å². The van der Waals surface area contributed by atoms with Gasteiger partial charge in [-0.15, -0.1) is 0 Å². The van der Waals surface area contributed by atoms with Gasteiger partial charge in [0.1, 0.15) is 0 Å². The first-order valence-corrected chi connectivity index (χ1v) is 9.78. The van der Waals surface area contributed by atoms with Crippen LogP contribution in [0.4, 0.5) is 0 Å². The van der Waals surface area contributed by atoms with Gasteiger partial charge < -0.3 is 4.90 Å². The average Bonchev–Trinajstić information content (AvgIpc) is 2.46. The summed E-state index contributed by atoms with van der Waals surface area (Å²) in [6, 6.07) is 10.6. The molecule has 1 amide bonds. The molecule has 0 N–H and O–H groups in total. The van der Waals surface area contributed by atoms with Crippen molar-refractivity contribution in [3.63, 3.8) is 0 Å². The molecule has 0 saturated carbocycles. The topological polar surface area (TPSA) is 20.3 Å². The van der Waals surface area contributed by atoms with Crippen molar-refractivity contribution in [2.45, 2.75) is 33.6 Å². The zero-order chi connectivity index (χ0) is 16.3. The number of carbonyl (C=O) groups is 1. The second-order valence-corrected chi connectivity index (χ2v) is 9.92. The van der Waals surface area contributed by atoms with E-state index < -0.39 is 0 Å². The van der Waals surface area contributed by atoms with E-state index in [1.54, 1.807) is 4.90 Å². The van der Waals surface area contributed by atoms with Crippen LogP contribution in [-0.4, -0.2) is 24.9 Å². The molecule has 1 aliphatic carbocycles. The summed E-state index contributed by atoms with van der Waals surface area (Å²) in [4.78, 5) is 14.2. The molecule has 0 saturated heterocycles. The van der Waals surface area contributed by atoms with Crippen molar-refractivity contribution in [3.05, 3.63) is 54.7 Å². The molecule has 0 heterocycles. The fraction of sp³-hybridized carbons (Fsp3) is 0.421. The second kappa shape index (κ2) is 6.99. The first-order valence-electron chi connectivity index (χ1n) is 7.62. The third kappa shape index (κ3) is 4.22. The van der Waals surface area contributed by atoms with Gasteiger partial charge in [0, 0.05) is 26.9 Å². The summed E-state index contributed by atoms with van der Waals surface area (Å²) >= 11 is -0.278. The Morgan fingerprint density at radius 2 is 1.77 bits per heavy atom. The summed E-state index contributed by atoms with van der Waals surface area (Å²) in [5.74, 6) is 0.176. The number of likely N-dealkylation sites (N-methyl/N-ethyl adjacent to an activating group) is 1. The molecular weight excluding hydrogens is 385 g/mol. The van der Waals surface area contributed by atoms with Crippen LogP contribution in [-0.2, 0) is 4.79 Å². The van der Waals surface area contributed by atoms with Crippen LogP contribution in [0.2, 0.25) is 0 Å². The monoisotopic (exact) mass is 410 g/mol. The molecule has 0 fully saturated rings. The van der Waals surface area contributed by atoms with E-state index in [-0.39, 0.29) is 32.5 Å². The lowest BCUT2D eigenvalue weighted by Crippen LogP contribution is -3.61. The number of hydrogen-bond donors (Lipinski definition) is 0. The van der Waals surface area contributed by atoms with Gasteiger partial charge in [-0.2, -0.15) is 0 Å². The molecule has 1 aliphatic rings. The van der Waals surface area contributed by atoms with Crippen LogP contribution in [0.5, 0.6) is 0 Å². The number of allylic oxidation sites excluding steroid dienone is 3. The largest absolute Gasteiger partial charge is 0.353 e. The summed E-state index contributed by atoms with van der Waals surface area (Å²) in [5.41, 5.74) is 2.67. The van der Waals surface area contributed by atoms with Crippen molar-refractivity contribution in [1.29, 1.82) is 0 Å². The van der Waals surface area contributed by atoms with Crippen LogP contribution in [0.1, 0.15) is 33.6 Å². The lowest BCUT2D eigenvalue weighted by atomic mass is 9.81. The predicted octanol–water partition coefficient (Wildman–Crippen LogP) is 1.05. The Morgan fingerprint density at radius 3 is 2.32 bits per heavy atom. The van der Waals surface area contributed by atoms with Crippen molar-refractivity contribution < 1.29 is 26.0 Å². The molecule has 0 radical (unpaired) electrons. The Bertz CT molecular complexity index is 606. The van der Waals surface area contributed by atoms with Gasteiger partial charge in [-0.3, -0.25) is 4.79 Å². The highest BCUT2D eigenvalue weighted by molar-refractivity contribution is 5.94. The molecule has 0 atom stereocenters. The Morgan fingerprint density at radius 1 is 1.14 bits per heavy atom. The number of halogens is 1. The van der Waals surface area contributed by atoms with Gasteiger partial charge in [-0.1, -0.05) is 50.6 Å². The van der Waals surface area contributed by atoms with Crippen LogP contribution in [0, 0.1) is 8.99 Å². The molecule has 2 nitrogen and oxygen atoms in total. The number of carbonyl (C=O) groups excluding carboxylic acids is 1. The number of hydrogen-bond acceptors (Lipinski definition) is 1. The minimum atomic E-state index is -0.278. The molecule has 1 aromatic carbocycles. The highest BCUT2D eigenvalue weighted by Crippen LogP contribution is 2.33. The Balaban J connectivity index is 2.33. The van der Waals surface area contributed by atoms with Gasteiger partial charge >= 0.3 is 21.2 Å². The normalized spacial score (nSPS) is 15.6. The van der Waals surface area contributed by atoms with E-state index in [2.05, 4.69) is 57.2 Å². The molecule has 0 aliphatic heterocycles. The average molecular weight is 410 g/mol. The molecule has 0 unspecified atom stereocenters. The van der Waals surface area contributed by atoms with E-state index in [1.165, 1.54) is 12.7 Å². The zero-order valence-corrected chi connectivity index (χ0v) is 16.3. The molecule has 0 spiro atoms. The van der Waals surface area contributed by atoms with Crippen LogP contribution in [0.15, 0.2) is 51.1 Å². The molecule has 22 heavy (non-hydrogen) atoms. The molecule has 0 aromatic heterocycles. The maximum absolute atomic E-state index is 12.5. The summed E-state index contributed by atoms with van der Waals surface area (Å²) < 4.78 is 2.77. The molecular formula is C19H25INO+. The van der Waals surface area contributed by atoms with Gasteiger partial charge in [0.2, 0.25) is 0 Å². The van der Waals surface area contributed by atoms with Crippen molar-refractivity contribution in [2.75, 3.05) is 14.1 Å². The maximum Gasteiger partial charge on any atom is 0.353 e. The van der Waals surface area contributed by atoms with Crippen molar-refractivity contribution >= 4 is 5.91 Å². The highest BCUT2D eigenvalue weighted by atomic mass is 127. The molecule has 2 rings (SSSR count). The quantitative estimate of drug-likeness (QED) is 0.539. The van der Waals surface area contributed by atoms with E-state index >= 15 is 0 Å². The fourth-order valence-electron chi connectivity index (χ4n) is 2.43. The fourth-order valence-corrected chi connectivity index (χ4v) is 5.33. The van der Waals surface area contributed by atoms with Crippen LogP contribution in [0.25, 0.3) is 0 Å². The Kier molecular flexibility index (Phi) is 5.48. The molecule has 0 bridgehead atoms. The first-order chi connectivity index (χ1) is 10.3. The van der Waals surface area contributed by atoms with E-state index in [1.807, 2.05) is 14.1 Å². The van der Waals surface area contributed by atoms with Crippen molar-refractivity contribution in [1.82, 2.24) is 4.90 Å². The van der Waals surface area contributed by atoms with Crippen LogP contribution in [0.3, 0.4) is 0 Å². The van der Waals surface area contributed by atoms with Gasteiger partial charge in [0.05, 0.1) is 5.57 Å². The smallest absolute Gasteiger partial charge is 0.345 e. The predicted molar refractivity (Wildman–Crippen MR) is 87.6 cm³/mol. The van der Waals surface area contributed by atoms with Gasteiger partial charge in [-0.25, -0.2) is 0 Å². The molecule has 3 heteroatoms. The number of nitrogens with zero attached hydrogens (tertiary/aromatic N) is 1. The molecule has 118 valence electrons. The third-order valence-electron chi connectivity index (χ3n) is 3.81. The van der Waals surface area contributed by atoms with E-state index in [0.29, 0.717) is 0 Å². The Labute approximate surface area is 144 Å². The van der Waals surface area contributed by atoms with Gasteiger partial charge in [-0.05, 0) is 17.5 Å². The summed E-state index contributed by atoms with van der Waals surface area (Å²) in [6.45, 7) is 6.78. The van der Waals surface area contributed by atoms with E-state index in [4.69, 9.17) is 0 Å². The van der Waals surface area contributed by atoms with Gasteiger partial charge in [0.25, 0.3) is 5.91 Å². The zero-order valence-electron chi connectivity index (χ0n) is 14.1. The van der Waals surface area contributed by atoms with Crippen LogP contribution < -0.4 is 21.2 Å².